The standard InChI is InChI=1S/C16H23ClN2S/c1-4-16(5-2,20-3)11-18-10-14-15(17)12-8-6-7-9-13(12)19-14/h6-9,18-19H,4-5,10-11H2,1-3H3. The predicted octanol–water partition coefficient (Wildman–Crippen LogP) is 4.83. The molecule has 0 fully saturated rings. The van der Waals surface area contributed by atoms with E-state index < -0.39 is 0 Å². The van der Waals surface area contributed by atoms with Crippen LogP contribution in [0.5, 0.6) is 0 Å². The maximum Gasteiger partial charge on any atom is 0.0705 e. The molecule has 20 heavy (non-hydrogen) atoms. The van der Waals surface area contributed by atoms with Crippen molar-refractivity contribution >= 4 is 34.3 Å². The van der Waals surface area contributed by atoms with Crippen LogP contribution in [0.1, 0.15) is 32.4 Å². The lowest BCUT2D eigenvalue weighted by atomic mass is 10.0. The number of halogens is 1. The molecule has 2 rings (SSSR count). The third-order valence-electron chi connectivity index (χ3n) is 4.18. The molecule has 0 unspecified atom stereocenters. The van der Waals surface area contributed by atoms with E-state index in [2.05, 4.69) is 42.5 Å². The molecule has 0 radical (unpaired) electrons. The molecule has 2 N–H and O–H groups in total. The van der Waals surface area contributed by atoms with Crippen LogP contribution in [0.2, 0.25) is 5.02 Å². The summed E-state index contributed by atoms with van der Waals surface area (Å²) in [4.78, 5) is 3.40. The molecule has 2 aromatic rings. The zero-order chi connectivity index (χ0) is 14.6. The second-order valence-corrected chi connectivity index (χ2v) is 6.81. The second kappa shape index (κ2) is 6.88. The minimum atomic E-state index is 0.332. The van der Waals surface area contributed by atoms with Crippen LogP contribution in [0, 0.1) is 0 Å². The van der Waals surface area contributed by atoms with Crippen LogP contribution in [-0.2, 0) is 6.54 Å². The van der Waals surface area contributed by atoms with Crippen molar-refractivity contribution < 1.29 is 0 Å². The van der Waals surface area contributed by atoms with Crippen LogP contribution in [0.4, 0.5) is 0 Å². The van der Waals surface area contributed by atoms with Gasteiger partial charge in [0.25, 0.3) is 0 Å². The van der Waals surface area contributed by atoms with Gasteiger partial charge < -0.3 is 10.3 Å². The normalized spacial score (nSPS) is 12.2. The highest BCUT2D eigenvalue weighted by molar-refractivity contribution is 8.00. The third-order valence-corrected chi connectivity index (χ3v) is 6.20. The van der Waals surface area contributed by atoms with Crippen LogP contribution < -0.4 is 5.32 Å². The Kier molecular flexibility index (Phi) is 5.42. The fraction of sp³-hybridized carbons (Fsp3) is 0.500. The van der Waals surface area contributed by atoms with Gasteiger partial charge in [-0.05, 0) is 25.2 Å². The predicted molar refractivity (Wildman–Crippen MR) is 91.8 cm³/mol. The van der Waals surface area contributed by atoms with Gasteiger partial charge >= 0.3 is 0 Å². The Bertz CT molecular complexity index is 552. The topological polar surface area (TPSA) is 27.8 Å². The van der Waals surface area contributed by atoms with Crippen LogP contribution in [-0.4, -0.2) is 22.5 Å². The van der Waals surface area contributed by atoms with Crippen molar-refractivity contribution in [2.45, 2.75) is 38.0 Å². The molecular weight excluding hydrogens is 288 g/mol. The first-order chi connectivity index (χ1) is 9.65. The van der Waals surface area contributed by atoms with E-state index in [4.69, 9.17) is 11.6 Å². The quantitative estimate of drug-likeness (QED) is 0.766. The van der Waals surface area contributed by atoms with Gasteiger partial charge in [-0.1, -0.05) is 43.6 Å². The Morgan fingerprint density at radius 1 is 1.25 bits per heavy atom. The number of H-pyrrole nitrogens is 1. The SMILES string of the molecule is CCC(CC)(CNCc1[nH]c2ccccc2c1Cl)SC. The molecule has 0 aliphatic heterocycles. The lowest BCUT2D eigenvalue weighted by Crippen LogP contribution is -2.36. The molecule has 4 heteroatoms. The highest BCUT2D eigenvalue weighted by Crippen LogP contribution is 2.30. The van der Waals surface area contributed by atoms with Gasteiger partial charge in [0.2, 0.25) is 0 Å². The smallest absolute Gasteiger partial charge is 0.0705 e. The molecule has 110 valence electrons. The second-order valence-electron chi connectivity index (χ2n) is 5.16. The molecule has 0 saturated heterocycles. The molecule has 1 aromatic carbocycles. The lowest BCUT2D eigenvalue weighted by Gasteiger charge is -2.29. The van der Waals surface area contributed by atoms with E-state index in [0.29, 0.717) is 4.75 Å². The number of hydrogen-bond acceptors (Lipinski definition) is 2. The lowest BCUT2D eigenvalue weighted by molar-refractivity contribution is 0.493. The Morgan fingerprint density at radius 3 is 2.55 bits per heavy atom. The largest absolute Gasteiger partial charge is 0.356 e. The summed E-state index contributed by atoms with van der Waals surface area (Å²) in [5, 5.41) is 5.51. The molecule has 0 amide bonds. The molecule has 0 bridgehead atoms. The minimum absolute atomic E-state index is 0.332. The minimum Gasteiger partial charge on any atom is -0.356 e. The summed E-state index contributed by atoms with van der Waals surface area (Å²) < 4.78 is 0.332. The molecule has 2 nitrogen and oxygen atoms in total. The zero-order valence-electron chi connectivity index (χ0n) is 12.4. The number of thioether (sulfide) groups is 1. The summed E-state index contributed by atoms with van der Waals surface area (Å²) in [6.07, 6.45) is 4.56. The van der Waals surface area contributed by atoms with E-state index in [1.807, 2.05) is 23.9 Å². The molecule has 0 saturated carbocycles. The van der Waals surface area contributed by atoms with E-state index in [9.17, 15) is 0 Å². The number of nitrogens with one attached hydrogen (secondary N) is 2. The first kappa shape index (κ1) is 15.7. The molecule has 0 spiro atoms. The van der Waals surface area contributed by atoms with Crippen LogP contribution in [0.25, 0.3) is 10.9 Å². The van der Waals surface area contributed by atoms with Gasteiger partial charge in [0, 0.05) is 34.4 Å². The number of aromatic nitrogens is 1. The van der Waals surface area contributed by atoms with Crippen molar-refractivity contribution in [2.75, 3.05) is 12.8 Å². The van der Waals surface area contributed by atoms with Crippen molar-refractivity contribution in [3.63, 3.8) is 0 Å². The van der Waals surface area contributed by atoms with E-state index in [1.165, 1.54) is 12.8 Å². The van der Waals surface area contributed by atoms with Gasteiger partial charge in [0.1, 0.15) is 0 Å². The van der Waals surface area contributed by atoms with Crippen molar-refractivity contribution in [2.24, 2.45) is 0 Å². The van der Waals surface area contributed by atoms with Crippen molar-refractivity contribution in [1.82, 2.24) is 10.3 Å². The van der Waals surface area contributed by atoms with E-state index in [-0.39, 0.29) is 0 Å². The van der Waals surface area contributed by atoms with Gasteiger partial charge in [-0.3, -0.25) is 0 Å². The number of rotatable bonds is 7. The number of benzene rings is 1. The van der Waals surface area contributed by atoms with Gasteiger partial charge in [-0.25, -0.2) is 0 Å². The Labute approximate surface area is 130 Å². The summed E-state index contributed by atoms with van der Waals surface area (Å²) in [5.41, 5.74) is 2.19. The van der Waals surface area contributed by atoms with Crippen LogP contribution in [0.3, 0.4) is 0 Å². The highest BCUT2D eigenvalue weighted by atomic mass is 35.5. The third kappa shape index (κ3) is 3.16. The van der Waals surface area contributed by atoms with Crippen molar-refractivity contribution in [3.05, 3.63) is 35.0 Å². The van der Waals surface area contributed by atoms with Crippen molar-refractivity contribution in [1.29, 1.82) is 0 Å². The first-order valence-electron chi connectivity index (χ1n) is 7.16. The molecule has 1 heterocycles. The highest BCUT2D eigenvalue weighted by Gasteiger charge is 2.24. The molecule has 1 aromatic heterocycles. The maximum absolute atomic E-state index is 6.43. The van der Waals surface area contributed by atoms with E-state index in [0.717, 1.165) is 34.7 Å². The summed E-state index contributed by atoms with van der Waals surface area (Å²) in [6.45, 7) is 6.32. The van der Waals surface area contributed by atoms with Crippen molar-refractivity contribution in [3.8, 4) is 0 Å². The first-order valence-corrected chi connectivity index (χ1v) is 8.77. The Morgan fingerprint density at radius 2 is 1.95 bits per heavy atom. The average Bonchev–Trinajstić information content (AvgIpc) is 2.81. The maximum atomic E-state index is 6.43. The summed E-state index contributed by atoms with van der Waals surface area (Å²) in [5.74, 6) is 0. The Hall–Kier alpha value is -0.640. The number of para-hydroxylation sites is 1. The van der Waals surface area contributed by atoms with Crippen LogP contribution >= 0.6 is 23.4 Å². The monoisotopic (exact) mass is 310 g/mol. The molecule has 0 aliphatic carbocycles. The fourth-order valence-corrected chi connectivity index (χ4v) is 3.66. The molecule has 0 atom stereocenters. The molecule has 0 aliphatic rings. The van der Waals surface area contributed by atoms with Crippen LogP contribution in [0.15, 0.2) is 24.3 Å². The van der Waals surface area contributed by atoms with Gasteiger partial charge in [-0.15, -0.1) is 0 Å². The van der Waals surface area contributed by atoms with Gasteiger partial charge in [0.05, 0.1) is 5.02 Å². The van der Waals surface area contributed by atoms with Gasteiger partial charge in [-0.2, -0.15) is 11.8 Å². The Balaban J connectivity index is 2.04. The summed E-state index contributed by atoms with van der Waals surface area (Å²) >= 11 is 8.39. The summed E-state index contributed by atoms with van der Waals surface area (Å²) in [7, 11) is 0. The van der Waals surface area contributed by atoms with Gasteiger partial charge in [0.15, 0.2) is 0 Å². The summed E-state index contributed by atoms with van der Waals surface area (Å²) in [6, 6.07) is 8.17. The number of aromatic amines is 1. The van der Waals surface area contributed by atoms with E-state index >= 15 is 0 Å². The zero-order valence-corrected chi connectivity index (χ0v) is 14.0. The molecular formula is C16H23ClN2S. The number of fused-ring (bicyclic) bond motifs is 1. The van der Waals surface area contributed by atoms with E-state index in [1.54, 1.807) is 0 Å². The fourth-order valence-electron chi connectivity index (χ4n) is 2.56. The number of hydrogen-bond donors (Lipinski definition) is 2. The average molecular weight is 311 g/mol.